The summed E-state index contributed by atoms with van der Waals surface area (Å²) in [6.45, 7) is 3.26. The third kappa shape index (κ3) is 5.84. The van der Waals surface area contributed by atoms with Crippen LogP contribution in [0.15, 0.2) is 24.3 Å². The first-order valence-corrected chi connectivity index (χ1v) is 8.69. The Bertz CT molecular complexity index is 650. The predicted molar refractivity (Wildman–Crippen MR) is 82.2 cm³/mol. The summed E-state index contributed by atoms with van der Waals surface area (Å²) < 4.78 is 30.8. The summed E-state index contributed by atoms with van der Waals surface area (Å²) in [7, 11) is -3.49. The number of hydrogen-bond donors (Lipinski definition) is 1. The fourth-order valence-corrected chi connectivity index (χ4v) is 3.16. The number of carbonyl (C=O) groups is 1. The minimum atomic E-state index is -3.49. The lowest BCUT2D eigenvalue weighted by Gasteiger charge is -2.14. The van der Waals surface area contributed by atoms with Gasteiger partial charge in [-0.15, -0.1) is 0 Å². The average molecular weight is 324 g/mol. The molecule has 0 radical (unpaired) electrons. The first kappa shape index (κ1) is 18.1. The van der Waals surface area contributed by atoms with E-state index in [2.05, 4.69) is 4.72 Å². The number of carbonyl (C=O) groups excluding carboxylic acids is 1. The van der Waals surface area contributed by atoms with E-state index in [0.29, 0.717) is 17.5 Å². The van der Waals surface area contributed by atoms with Crippen LogP contribution in [-0.2, 0) is 26.2 Å². The number of ether oxygens (including phenoxy) is 1. The van der Waals surface area contributed by atoms with Gasteiger partial charge in [0.1, 0.15) is 12.6 Å². The van der Waals surface area contributed by atoms with Crippen LogP contribution in [0.4, 0.5) is 0 Å². The maximum absolute atomic E-state index is 11.8. The van der Waals surface area contributed by atoms with Crippen molar-refractivity contribution in [1.29, 1.82) is 5.26 Å². The molecule has 6 nitrogen and oxygen atoms in total. The first-order valence-electron chi connectivity index (χ1n) is 7.04. The standard InChI is InChI=1S/C15H20N2O4S/c1-3-4-9-22(19,20)17-12(2)15(18)21-11-14-8-6-5-7-13(14)10-16/h5-8,12,17H,3-4,9,11H2,1-2H3/t12-/m0/s1. The Morgan fingerprint density at radius 3 is 2.73 bits per heavy atom. The quantitative estimate of drug-likeness (QED) is 0.734. The highest BCUT2D eigenvalue weighted by molar-refractivity contribution is 7.89. The maximum Gasteiger partial charge on any atom is 0.324 e. The zero-order valence-corrected chi connectivity index (χ0v) is 13.5. The lowest BCUT2D eigenvalue weighted by Crippen LogP contribution is -2.40. The second kappa shape index (κ2) is 8.51. The smallest absolute Gasteiger partial charge is 0.324 e. The van der Waals surface area contributed by atoms with Gasteiger partial charge in [-0.2, -0.15) is 5.26 Å². The minimum Gasteiger partial charge on any atom is -0.460 e. The Labute approximate surface area is 131 Å². The number of rotatable bonds is 8. The predicted octanol–water partition coefficient (Wildman–Crippen LogP) is 1.71. The number of nitrogens with zero attached hydrogens (tertiary/aromatic N) is 1. The highest BCUT2D eigenvalue weighted by Gasteiger charge is 2.21. The number of hydrogen-bond acceptors (Lipinski definition) is 5. The van der Waals surface area contributed by atoms with Crippen molar-refractivity contribution in [1.82, 2.24) is 4.72 Å². The van der Waals surface area contributed by atoms with Gasteiger partial charge in [-0.1, -0.05) is 31.5 Å². The molecule has 0 aromatic heterocycles. The van der Waals surface area contributed by atoms with E-state index in [0.717, 1.165) is 6.42 Å². The van der Waals surface area contributed by atoms with Gasteiger partial charge < -0.3 is 4.74 Å². The minimum absolute atomic E-state index is 0.0155. The molecule has 120 valence electrons. The molecule has 0 aliphatic heterocycles. The van der Waals surface area contributed by atoms with Crippen molar-refractivity contribution in [3.8, 4) is 6.07 Å². The Hall–Kier alpha value is -1.91. The van der Waals surface area contributed by atoms with Gasteiger partial charge in [-0.05, 0) is 19.4 Å². The lowest BCUT2D eigenvalue weighted by atomic mass is 10.1. The molecule has 1 aromatic rings. The van der Waals surface area contributed by atoms with Crippen molar-refractivity contribution in [3.05, 3.63) is 35.4 Å². The van der Waals surface area contributed by atoms with Crippen LogP contribution in [-0.4, -0.2) is 26.2 Å². The molecular formula is C15H20N2O4S. The summed E-state index contributed by atoms with van der Waals surface area (Å²) in [6.07, 6.45) is 1.29. The number of nitrogens with one attached hydrogen (secondary N) is 1. The van der Waals surface area contributed by atoms with E-state index in [4.69, 9.17) is 10.00 Å². The zero-order valence-electron chi connectivity index (χ0n) is 12.7. The van der Waals surface area contributed by atoms with Crippen molar-refractivity contribution < 1.29 is 17.9 Å². The van der Waals surface area contributed by atoms with Gasteiger partial charge in [-0.3, -0.25) is 4.79 Å². The topological polar surface area (TPSA) is 96.3 Å². The average Bonchev–Trinajstić information content (AvgIpc) is 2.50. The van der Waals surface area contributed by atoms with Crippen molar-refractivity contribution >= 4 is 16.0 Å². The molecule has 0 bridgehead atoms. The van der Waals surface area contributed by atoms with Gasteiger partial charge in [0.25, 0.3) is 0 Å². The van der Waals surface area contributed by atoms with E-state index >= 15 is 0 Å². The molecule has 0 spiro atoms. The molecule has 0 saturated heterocycles. The van der Waals surface area contributed by atoms with E-state index in [1.165, 1.54) is 6.92 Å². The third-order valence-electron chi connectivity index (χ3n) is 2.98. The highest BCUT2D eigenvalue weighted by Crippen LogP contribution is 2.09. The number of sulfonamides is 1. The Morgan fingerprint density at radius 1 is 1.41 bits per heavy atom. The first-order chi connectivity index (χ1) is 10.4. The van der Waals surface area contributed by atoms with E-state index in [-0.39, 0.29) is 12.4 Å². The van der Waals surface area contributed by atoms with Gasteiger partial charge in [0.15, 0.2) is 0 Å². The fourth-order valence-electron chi connectivity index (χ4n) is 1.74. The lowest BCUT2D eigenvalue weighted by molar-refractivity contribution is -0.146. The van der Waals surface area contributed by atoms with E-state index < -0.39 is 22.0 Å². The monoisotopic (exact) mass is 324 g/mol. The number of nitriles is 1. The SMILES string of the molecule is CCCCS(=O)(=O)N[C@@H](C)C(=O)OCc1ccccc1C#N. The summed E-state index contributed by atoms with van der Waals surface area (Å²) >= 11 is 0. The number of benzene rings is 1. The van der Waals surface area contributed by atoms with Crippen LogP contribution in [0.5, 0.6) is 0 Å². The molecule has 7 heteroatoms. The molecule has 1 atom stereocenters. The van der Waals surface area contributed by atoms with Crippen LogP contribution in [0.1, 0.15) is 37.8 Å². The second-order valence-electron chi connectivity index (χ2n) is 4.89. The molecule has 0 saturated carbocycles. The Morgan fingerprint density at radius 2 is 2.09 bits per heavy atom. The Balaban J connectivity index is 2.57. The zero-order chi connectivity index (χ0) is 16.6. The largest absolute Gasteiger partial charge is 0.460 e. The number of esters is 1. The van der Waals surface area contributed by atoms with Crippen LogP contribution in [0.2, 0.25) is 0 Å². The van der Waals surface area contributed by atoms with E-state index in [1.54, 1.807) is 24.3 Å². The van der Waals surface area contributed by atoms with Gasteiger partial charge in [0.05, 0.1) is 17.4 Å². The summed E-state index contributed by atoms with van der Waals surface area (Å²) in [5, 5.41) is 8.95. The van der Waals surface area contributed by atoms with Gasteiger partial charge in [0.2, 0.25) is 10.0 Å². The van der Waals surface area contributed by atoms with Gasteiger partial charge in [0, 0.05) is 5.56 Å². The summed E-state index contributed by atoms with van der Waals surface area (Å²) in [5.41, 5.74) is 1.01. The summed E-state index contributed by atoms with van der Waals surface area (Å²) in [5.74, 6) is -0.689. The van der Waals surface area contributed by atoms with Gasteiger partial charge >= 0.3 is 5.97 Å². The summed E-state index contributed by atoms with van der Waals surface area (Å²) in [4.78, 5) is 11.8. The molecule has 0 amide bonds. The van der Waals surface area contributed by atoms with Crippen molar-refractivity contribution in [2.45, 2.75) is 39.3 Å². The van der Waals surface area contributed by atoms with Crippen molar-refractivity contribution in [2.75, 3.05) is 5.75 Å². The molecule has 0 aliphatic carbocycles. The molecule has 0 aliphatic rings. The molecule has 1 aromatic carbocycles. The Kier molecular flexibility index (Phi) is 7.02. The van der Waals surface area contributed by atoms with Crippen LogP contribution in [0.25, 0.3) is 0 Å². The molecule has 0 heterocycles. The molecule has 0 unspecified atom stereocenters. The fraction of sp³-hybridized carbons (Fsp3) is 0.467. The number of unbranched alkanes of at least 4 members (excludes halogenated alkanes) is 1. The molecule has 0 fully saturated rings. The molecule has 1 rings (SSSR count). The maximum atomic E-state index is 11.8. The molecule has 1 N–H and O–H groups in total. The molecular weight excluding hydrogens is 304 g/mol. The van der Waals surface area contributed by atoms with Crippen molar-refractivity contribution in [2.24, 2.45) is 0 Å². The third-order valence-corrected chi connectivity index (χ3v) is 4.52. The second-order valence-corrected chi connectivity index (χ2v) is 6.76. The normalized spacial score (nSPS) is 12.4. The summed E-state index contributed by atoms with van der Waals surface area (Å²) in [6, 6.07) is 7.81. The van der Waals surface area contributed by atoms with Gasteiger partial charge in [-0.25, -0.2) is 13.1 Å². The van der Waals surface area contributed by atoms with Crippen LogP contribution in [0.3, 0.4) is 0 Å². The molecule has 22 heavy (non-hydrogen) atoms. The van der Waals surface area contributed by atoms with Crippen LogP contribution >= 0.6 is 0 Å². The van der Waals surface area contributed by atoms with Crippen LogP contribution < -0.4 is 4.72 Å². The van der Waals surface area contributed by atoms with E-state index in [1.807, 2.05) is 13.0 Å². The van der Waals surface area contributed by atoms with E-state index in [9.17, 15) is 13.2 Å². The van der Waals surface area contributed by atoms with Crippen molar-refractivity contribution in [3.63, 3.8) is 0 Å². The highest BCUT2D eigenvalue weighted by atomic mass is 32.2. The van der Waals surface area contributed by atoms with Crippen LogP contribution in [0, 0.1) is 11.3 Å².